The van der Waals surface area contributed by atoms with Crippen molar-refractivity contribution in [1.82, 2.24) is 24.6 Å². The Bertz CT molecular complexity index is 1410. The van der Waals surface area contributed by atoms with Gasteiger partial charge in [0, 0.05) is 10.4 Å². The van der Waals surface area contributed by atoms with Crippen molar-refractivity contribution < 1.29 is 38.2 Å². The first-order valence-corrected chi connectivity index (χ1v) is 13.5. The van der Waals surface area contributed by atoms with Gasteiger partial charge in [0.15, 0.2) is 11.2 Å². The number of ether oxygens (including phenoxy) is 1. The van der Waals surface area contributed by atoms with Crippen LogP contribution in [-0.2, 0) is 18.7 Å². The van der Waals surface area contributed by atoms with Gasteiger partial charge >= 0.3 is 19.7 Å². The number of nitrogen functional groups attached to an aromatic ring is 1. The van der Waals surface area contributed by atoms with E-state index < -0.39 is 32.1 Å². The fourth-order valence-electron chi connectivity index (χ4n) is 3.85. The van der Waals surface area contributed by atoms with Gasteiger partial charge in [0.2, 0.25) is 11.8 Å². The van der Waals surface area contributed by atoms with Crippen LogP contribution in [0, 0.1) is 5.92 Å². The zero-order chi connectivity index (χ0) is 27.4. The van der Waals surface area contributed by atoms with Gasteiger partial charge in [-0.3, -0.25) is 14.1 Å². The summed E-state index contributed by atoms with van der Waals surface area (Å²) in [6.07, 6.45) is 5.02. The van der Waals surface area contributed by atoms with Gasteiger partial charge < -0.3 is 29.8 Å². The van der Waals surface area contributed by atoms with E-state index in [4.69, 9.17) is 24.6 Å². The van der Waals surface area contributed by atoms with Gasteiger partial charge in [-0.25, -0.2) is 9.55 Å². The molecule has 0 bridgehead atoms. The van der Waals surface area contributed by atoms with Gasteiger partial charge in [-0.1, -0.05) is 28.1 Å². The summed E-state index contributed by atoms with van der Waals surface area (Å²) in [5.74, 6) is -2.73. The number of fused-ring (bicyclic) bond motifs is 1. The fourth-order valence-corrected chi connectivity index (χ4v) is 5.66. The fraction of sp³-hybridized carbons (Fsp3) is 0.318. The first-order valence-electron chi connectivity index (χ1n) is 11.2. The predicted octanol–water partition coefficient (Wildman–Crippen LogP) is 3.02. The lowest BCUT2D eigenvalue weighted by atomic mass is 10.1. The summed E-state index contributed by atoms with van der Waals surface area (Å²) < 4.78 is 32.5. The molecular weight excluding hydrogens is 587 g/mol. The van der Waals surface area contributed by atoms with Gasteiger partial charge in [0.05, 0.1) is 32.5 Å². The number of allylic oxidation sites excluding steroid dienone is 1. The highest BCUT2D eigenvalue weighted by molar-refractivity contribution is 9.10. The topological polar surface area (TPSA) is 201 Å². The number of halogens is 1. The minimum absolute atomic E-state index is 0.0319. The number of nitrogens with one attached hydrogen (secondary N) is 1. The Morgan fingerprint density at radius 2 is 2.00 bits per heavy atom. The van der Waals surface area contributed by atoms with Crippen molar-refractivity contribution >= 4 is 52.7 Å². The third-order valence-electron chi connectivity index (χ3n) is 5.60. The van der Waals surface area contributed by atoms with Crippen LogP contribution in [0.15, 0.2) is 47.2 Å². The van der Waals surface area contributed by atoms with Crippen molar-refractivity contribution in [3.63, 3.8) is 0 Å². The molecule has 1 aliphatic rings. The maximum absolute atomic E-state index is 13.6. The second-order valence-corrected chi connectivity index (χ2v) is 10.9. The van der Waals surface area contributed by atoms with E-state index in [2.05, 4.69) is 36.0 Å². The van der Waals surface area contributed by atoms with Crippen molar-refractivity contribution in [3.8, 4) is 11.6 Å². The molecule has 1 aliphatic carbocycles. The minimum Gasteiger partial charge on any atom is -0.481 e. The Balaban J connectivity index is 1.49. The Morgan fingerprint density at radius 1 is 1.26 bits per heavy atom. The standard InChI is InChI=1S/C22H24BrN6O8P/c1-35-20-18-19(26-22(24)27-20)29(11-25-18)14-5-2-12(8-14)10-36-38(34,28-16(21(32)33)9-17(30)31)37-15-6-3-13(23)4-7-15/h2-7,11-12,14,16H,8-10H2,1H3,(H,28,34)(H,30,31)(H,32,33)(H2,24,26,27)/t12-,14+,16?,38?/m1/s1. The molecule has 38 heavy (non-hydrogen) atoms. The average molecular weight is 611 g/mol. The van der Waals surface area contributed by atoms with Crippen molar-refractivity contribution in [3.05, 3.63) is 47.2 Å². The summed E-state index contributed by atoms with van der Waals surface area (Å²) in [6.45, 7) is -0.111. The first-order chi connectivity index (χ1) is 18.1. The number of nitrogens with two attached hydrogens (primary N) is 1. The van der Waals surface area contributed by atoms with Crippen LogP contribution in [0.5, 0.6) is 11.6 Å². The highest BCUT2D eigenvalue weighted by Crippen LogP contribution is 2.46. The minimum atomic E-state index is -4.33. The highest BCUT2D eigenvalue weighted by Gasteiger charge is 2.36. The molecule has 202 valence electrons. The number of carboxylic acids is 2. The van der Waals surface area contributed by atoms with E-state index in [0.29, 0.717) is 17.6 Å². The average Bonchev–Trinajstić information content (AvgIpc) is 3.50. The lowest BCUT2D eigenvalue weighted by Crippen LogP contribution is -2.38. The Morgan fingerprint density at radius 3 is 2.66 bits per heavy atom. The zero-order valence-electron chi connectivity index (χ0n) is 19.9. The maximum Gasteiger partial charge on any atom is 0.459 e. The number of hydrogen-bond acceptors (Lipinski definition) is 10. The molecule has 2 unspecified atom stereocenters. The molecule has 4 atom stereocenters. The third-order valence-corrected chi connectivity index (χ3v) is 7.69. The smallest absolute Gasteiger partial charge is 0.459 e. The zero-order valence-corrected chi connectivity index (χ0v) is 22.4. The Kier molecular flexibility index (Phi) is 8.31. The summed E-state index contributed by atoms with van der Waals surface area (Å²) >= 11 is 3.29. The molecule has 3 aromatic rings. The first kappa shape index (κ1) is 27.5. The molecule has 0 saturated carbocycles. The van der Waals surface area contributed by atoms with E-state index in [1.807, 2.05) is 12.2 Å². The molecule has 0 radical (unpaired) electrons. The summed E-state index contributed by atoms with van der Waals surface area (Å²) in [5.41, 5.74) is 6.73. The molecule has 0 aliphatic heterocycles. The van der Waals surface area contributed by atoms with E-state index in [1.54, 1.807) is 23.0 Å². The van der Waals surface area contributed by atoms with E-state index in [1.165, 1.54) is 19.2 Å². The van der Waals surface area contributed by atoms with Crippen molar-refractivity contribution in [1.29, 1.82) is 0 Å². The summed E-state index contributed by atoms with van der Waals surface area (Å²) in [6, 6.07) is 4.38. The highest BCUT2D eigenvalue weighted by atomic mass is 79.9. The maximum atomic E-state index is 13.6. The van der Waals surface area contributed by atoms with E-state index >= 15 is 0 Å². The normalized spacial score (nSPS) is 19.2. The Hall–Kier alpha value is -3.52. The van der Waals surface area contributed by atoms with Gasteiger partial charge in [0.25, 0.3) is 0 Å². The molecule has 16 heteroatoms. The van der Waals surface area contributed by atoms with Crippen LogP contribution in [-0.4, -0.2) is 61.4 Å². The number of hydrogen-bond donors (Lipinski definition) is 4. The van der Waals surface area contributed by atoms with Crippen molar-refractivity contribution in [2.75, 3.05) is 19.5 Å². The molecule has 2 aromatic heterocycles. The number of methoxy groups -OCH3 is 1. The van der Waals surface area contributed by atoms with Crippen LogP contribution in [0.1, 0.15) is 18.9 Å². The SMILES string of the molecule is COc1nc(N)nc2c1ncn2[C@H]1C=C[C@@H](COP(=O)(NC(CC(=O)O)C(=O)O)Oc2ccc(Br)cc2)C1. The van der Waals surface area contributed by atoms with E-state index in [-0.39, 0.29) is 36.1 Å². The van der Waals surface area contributed by atoms with Gasteiger partial charge in [-0.15, -0.1) is 0 Å². The third kappa shape index (κ3) is 6.48. The number of imidazole rings is 1. The summed E-state index contributed by atoms with van der Waals surface area (Å²) in [4.78, 5) is 35.4. The number of anilines is 1. The molecule has 4 rings (SSSR count). The number of carboxylic acid groups (broad SMARTS) is 2. The molecule has 0 saturated heterocycles. The lowest BCUT2D eigenvalue weighted by molar-refractivity contribution is -0.145. The molecule has 0 fully saturated rings. The molecule has 2 heterocycles. The van der Waals surface area contributed by atoms with E-state index in [9.17, 15) is 19.3 Å². The number of rotatable bonds is 12. The lowest BCUT2D eigenvalue weighted by Gasteiger charge is -2.24. The van der Waals surface area contributed by atoms with Gasteiger partial charge in [0.1, 0.15) is 11.8 Å². The van der Waals surface area contributed by atoms with Crippen LogP contribution in [0.2, 0.25) is 0 Å². The van der Waals surface area contributed by atoms with Crippen LogP contribution >= 0.6 is 23.7 Å². The monoisotopic (exact) mass is 610 g/mol. The molecule has 1 aromatic carbocycles. The van der Waals surface area contributed by atoms with Crippen LogP contribution in [0.4, 0.5) is 5.95 Å². The number of benzene rings is 1. The number of nitrogens with zero attached hydrogens (tertiary/aromatic N) is 4. The number of carbonyl (C=O) groups is 2. The molecular formula is C22H24BrN6O8P. The number of aromatic nitrogens is 4. The predicted molar refractivity (Wildman–Crippen MR) is 138 cm³/mol. The largest absolute Gasteiger partial charge is 0.481 e. The molecule has 0 amide bonds. The van der Waals surface area contributed by atoms with E-state index in [0.717, 1.165) is 4.47 Å². The van der Waals surface area contributed by atoms with Crippen LogP contribution < -0.4 is 20.1 Å². The quantitative estimate of drug-likeness (QED) is 0.172. The van der Waals surface area contributed by atoms with Gasteiger partial charge in [-0.05, 0) is 30.7 Å². The van der Waals surface area contributed by atoms with Crippen LogP contribution in [0.3, 0.4) is 0 Å². The van der Waals surface area contributed by atoms with Crippen molar-refractivity contribution in [2.45, 2.75) is 24.9 Å². The van der Waals surface area contributed by atoms with Gasteiger partial charge in [-0.2, -0.15) is 15.1 Å². The van der Waals surface area contributed by atoms with Crippen molar-refractivity contribution in [2.24, 2.45) is 5.92 Å². The molecule has 0 spiro atoms. The molecule has 5 N–H and O–H groups in total. The summed E-state index contributed by atoms with van der Waals surface area (Å²) in [5, 5.41) is 20.8. The number of aliphatic carboxylic acids is 2. The second kappa shape index (κ2) is 11.5. The molecule has 14 nitrogen and oxygen atoms in total. The second-order valence-electron chi connectivity index (χ2n) is 8.32. The van der Waals surface area contributed by atoms with Crippen LogP contribution in [0.25, 0.3) is 11.2 Å². The summed E-state index contributed by atoms with van der Waals surface area (Å²) in [7, 11) is -2.87. The Labute approximate surface area is 224 Å².